The highest BCUT2D eigenvalue weighted by Gasteiger charge is 2.21. The van der Waals surface area contributed by atoms with Crippen LogP contribution in [0.3, 0.4) is 0 Å². The van der Waals surface area contributed by atoms with Gasteiger partial charge in [-0.3, -0.25) is 4.79 Å². The van der Waals surface area contributed by atoms with Crippen molar-refractivity contribution in [2.45, 2.75) is 19.4 Å². The highest BCUT2D eigenvalue weighted by molar-refractivity contribution is 7.98. The molecule has 0 bridgehead atoms. The number of carbonyl (C=O) groups excluding carboxylic acids is 1. The molecule has 1 atom stereocenters. The van der Waals surface area contributed by atoms with Crippen LogP contribution in [-0.4, -0.2) is 40.9 Å². The molecule has 1 heterocycles. The van der Waals surface area contributed by atoms with Gasteiger partial charge >= 0.3 is 0 Å². The summed E-state index contributed by atoms with van der Waals surface area (Å²) >= 11 is 1.78. The van der Waals surface area contributed by atoms with Crippen molar-refractivity contribution in [1.82, 2.24) is 9.88 Å². The van der Waals surface area contributed by atoms with E-state index in [9.17, 15) is 4.79 Å². The first-order valence-electron chi connectivity index (χ1n) is 6.51. The zero-order valence-corrected chi connectivity index (χ0v) is 12.5. The highest BCUT2D eigenvalue weighted by Crippen LogP contribution is 2.20. The number of nitrogens with zero attached hydrogens (tertiary/aromatic N) is 1. The molecule has 0 fully saturated rings. The van der Waals surface area contributed by atoms with Crippen LogP contribution in [0.15, 0.2) is 30.5 Å². The Bertz CT molecular complexity index is 564. The maximum Gasteiger partial charge on any atom is 0.256 e. The van der Waals surface area contributed by atoms with E-state index in [0.29, 0.717) is 0 Å². The molecule has 0 radical (unpaired) electrons. The fraction of sp³-hybridized carbons (Fsp3) is 0.400. The Morgan fingerprint density at radius 1 is 1.42 bits per heavy atom. The molecule has 0 aliphatic heterocycles. The van der Waals surface area contributed by atoms with Gasteiger partial charge in [-0.1, -0.05) is 25.1 Å². The monoisotopic (exact) mass is 276 g/mol. The molecule has 0 saturated carbocycles. The molecule has 2 aromatic rings. The summed E-state index contributed by atoms with van der Waals surface area (Å²) in [4.78, 5) is 17.6. The SMILES string of the molecule is CCC(CSC)N(C)C(=O)c1c[nH]c2ccccc12. The minimum atomic E-state index is 0.0957. The van der Waals surface area contributed by atoms with Crippen molar-refractivity contribution >= 4 is 28.6 Å². The second-order valence-electron chi connectivity index (χ2n) is 4.68. The lowest BCUT2D eigenvalue weighted by atomic mass is 10.1. The van der Waals surface area contributed by atoms with E-state index in [0.717, 1.165) is 28.6 Å². The number of carbonyl (C=O) groups is 1. The summed E-state index contributed by atoms with van der Waals surface area (Å²) in [5, 5.41) is 0.998. The van der Waals surface area contributed by atoms with Gasteiger partial charge < -0.3 is 9.88 Å². The van der Waals surface area contributed by atoms with Crippen LogP contribution in [0.5, 0.6) is 0 Å². The van der Waals surface area contributed by atoms with E-state index < -0.39 is 0 Å². The summed E-state index contributed by atoms with van der Waals surface area (Å²) in [6, 6.07) is 8.20. The van der Waals surface area contributed by atoms with Gasteiger partial charge in [0, 0.05) is 35.9 Å². The first kappa shape index (κ1) is 14.0. The molecule has 0 spiro atoms. The van der Waals surface area contributed by atoms with Crippen LogP contribution in [0, 0.1) is 0 Å². The topological polar surface area (TPSA) is 36.1 Å². The Labute approximate surface area is 118 Å². The molecule has 0 aliphatic carbocycles. The third kappa shape index (κ3) is 2.78. The van der Waals surface area contributed by atoms with Crippen LogP contribution in [0.25, 0.3) is 10.9 Å². The number of para-hydroxylation sites is 1. The van der Waals surface area contributed by atoms with Crippen molar-refractivity contribution in [3.8, 4) is 0 Å². The van der Waals surface area contributed by atoms with Crippen molar-refractivity contribution in [3.63, 3.8) is 0 Å². The van der Waals surface area contributed by atoms with Crippen molar-refractivity contribution in [3.05, 3.63) is 36.0 Å². The molecule has 1 N–H and O–H groups in total. The van der Waals surface area contributed by atoms with E-state index in [1.165, 1.54) is 0 Å². The average Bonchev–Trinajstić information content (AvgIpc) is 2.87. The number of fused-ring (bicyclic) bond motifs is 1. The zero-order chi connectivity index (χ0) is 13.8. The molecule has 2 rings (SSSR count). The molecular weight excluding hydrogens is 256 g/mol. The van der Waals surface area contributed by atoms with Crippen molar-refractivity contribution in [2.75, 3.05) is 19.1 Å². The van der Waals surface area contributed by atoms with Crippen molar-refractivity contribution in [2.24, 2.45) is 0 Å². The largest absolute Gasteiger partial charge is 0.360 e. The number of nitrogens with one attached hydrogen (secondary N) is 1. The van der Waals surface area contributed by atoms with Gasteiger partial charge in [0.15, 0.2) is 0 Å². The predicted molar refractivity (Wildman–Crippen MR) is 82.9 cm³/mol. The molecule has 1 aromatic carbocycles. The van der Waals surface area contributed by atoms with Gasteiger partial charge in [0.1, 0.15) is 0 Å². The first-order valence-corrected chi connectivity index (χ1v) is 7.90. The van der Waals surface area contributed by atoms with Crippen molar-refractivity contribution in [1.29, 1.82) is 0 Å². The van der Waals surface area contributed by atoms with Gasteiger partial charge in [-0.2, -0.15) is 11.8 Å². The predicted octanol–water partition coefficient (Wildman–Crippen LogP) is 3.38. The number of aromatic nitrogens is 1. The van der Waals surface area contributed by atoms with Gasteiger partial charge in [-0.05, 0) is 18.7 Å². The molecule has 0 saturated heterocycles. The number of amides is 1. The number of hydrogen-bond donors (Lipinski definition) is 1. The Morgan fingerprint density at radius 3 is 2.84 bits per heavy atom. The van der Waals surface area contributed by atoms with Crippen LogP contribution < -0.4 is 0 Å². The standard InChI is InChI=1S/C15H20N2OS/c1-4-11(10-19-3)17(2)15(18)13-9-16-14-8-6-5-7-12(13)14/h5-9,11,16H,4,10H2,1-3H3. The summed E-state index contributed by atoms with van der Waals surface area (Å²) in [5.41, 5.74) is 1.77. The van der Waals surface area contributed by atoms with E-state index in [1.54, 1.807) is 11.8 Å². The summed E-state index contributed by atoms with van der Waals surface area (Å²) in [6.45, 7) is 2.12. The maximum absolute atomic E-state index is 12.6. The Kier molecular flexibility index (Phi) is 4.53. The molecule has 1 unspecified atom stereocenters. The number of hydrogen-bond acceptors (Lipinski definition) is 2. The molecule has 19 heavy (non-hydrogen) atoms. The highest BCUT2D eigenvalue weighted by atomic mass is 32.2. The molecule has 3 nitrogen and oxygen atoms in total. The normalized spacial score (nSPS) is 12.6. The van der Waals surface area contributed by atoms with Gasteiger partial charge in [-0.15, -0.1) is 0 Å². The lowest BCUT2D eigenvalue weighted by Crippen LogP contribution is -2.38. The number of H-pyrrole nitrogens is 1. The number of aromatic amines is 1. The lowest BCUT2D eigenvalue weighted by Gasteiger charge is -2.26. The zero-order valence-electron chi connectivity index (χ0n) is 11.6. The van der Waals surface area contributed by atoms with Gasteiger partial charge in [0.05, 0.1) is 5.56 Å². The van der Waals surface area contributed by atoms with E-state index in [1.807, 2.05) is 42.4 Å². The fourth-order valence-corrected chi connectivity index (χ4v) is 3.14. The van der Waals surface area contributed by atoms with Gasteiger partial charge in [-0.25, -0.2) is 0 Å². The Morgan fingerprint density at radius 2 is 2.16 bits per heavy atom. The average molecular weight is 276 g/mol. The summed E-state index contributed by atoms with van der Waals surface area (Å²) in [7, 11) is 1.90. The molecule has 1 amide bonds. The first-order chi connectivity index (χ1) is 9.19. The molecule has 4 heteroatoms. The van der Waals surface area contributed by atoms with Gasteiger partial charge in [0.25, 0.3) is 5.91 Å². The second kappa shape index (κ2) is 6.15. The molecule has 1 aromatic heterocycles. The van der Waals surface area contributed by atoms with E-state index >= 15 is 0 Å². The molecular formula is C15H20N2OS. The van der Waals surface area contributed by atoms with Crippen LogP contribution in [0.2, 0.25) is 0 Å². The lowest BCUT2D eigenvalue weighted by molar-refractivity contribution is 0.0745. The number of thioether (sulfide) groups is 1. The van der Waals surface area contributed by atoms with E-state index in [4.69, 9.17) is 0 Å². The summed E-state index contributed by atoms with van der Waals surface area (Å²) in [6.07, 6.45) is 4.87. The minimum Gasteiger partial charge on any atom is -0.360 e. The summed E-state index contributed by atoms with van der Waals surface area (Å²) < 4.78 is 0. The van der Waals surface area contributed by atoms with Gasteiger partial charge in [0.2, 0.25) is 0 Å². The fourth-order valence-electron chi connectivity index (χ4n) is 2.30. The van der Waals surface area contributed by atoms with Crippen LogP contribution in [-0.2, 0) is 0 Å². The molecule has 102 valence electrons. The number of benzene rings is 1. The number of rotatable bonds is 5. The van der Waals surface area contributed by atoms with Crippen molar-refractivity contribution < 1.29 is 4.79 Å². The van der Waals surface area contributed by atoms with Crippen LogP contribution in [0.4, 0.5) is 0 Å². The van der Waals surface area contributed by atoms with E-state index in [-0.39, 0.29) is 11.9 Å². The molecule has 0 aliphatic rings. The second-order valence-corrected chi connectivity index (χ2v) is 5.59. The Hall–Kier alpha value is -1.42. The van der Waals surface area contributed by atoms with E-state index in [2.05, 4.69) is 18.2 Å². The minimum absolute atomic E-state index is 0.0957. The smallest absolute Gasteiger partial charge is 0.256 e. The quantitative estimate of drug-likeness (QED) is 0.908. The maximum atomic E-state index is 12.6. The third-order valence-electron chi connectivity index (χ3n) is 3.52. The third-order valence-corrected chi connectivity index (χ3v) is 4.24. The Balaban J connectivity index is 2.28. The summed E-state index contributed by atoms with van der Waals surface area (Å²) in [5.74, 6) is 1.07. The van der Waals surface area contributed by atoms with Crippen LogP contribution in [0.1, 0.15) is 23.7 Å². The van der Waals surface area contributed by atoms with Crippen LogP contribution >= 0.6 is 11.8 Å².